The molecule has 0 radical (unpaired) electrons. The van der Waals surface area contributed by atoms with Gasteiger partial charge in [0, 0.05) is 5.56 Å². The van der Waals surface area contributed by atoms with Crippen LogP contribution in [0.3, 0.4) is 0 Å². The Morgan fingerprint density at radius 2 is 2.06 bits per heavy atom. The van der Waals surface area contributed by atoms with E-state index in [1.54, 1.807) is 0 Å². The molecular formula is C11H9F3O4. The molecule has 98 valence electrons. The normalized spacial score (nSPS) is 12.9. The van der Waals surface area contributed by atoms with Crippen LogP contribution in [0.25, 0.3) is 0 Å². The Labute approximate surface area is 100.0 Å². The lowest BCUT2D eigenvalue weighted by molar-refractivity contribution is -0.141. The number of halogens is 3. The molecule has 1 atom stereocenters. The summed E-state index contributed by atoms with van der Waals surface area (Å²) in [5, 5.41) is 8.77. The molecule has 0 aliphatic carbocycles. The number of alkyl halides is 3. The van der Waals surface area contributed by atoms with Crippen LogP contribution in [0.1, 0.15) is 17.0 Å². The van der Waals surface area contributed by atoms with E-state index in [4.69, 9.17) is 9.84 Å². The fraction of sp³-hybridized carbons (Fsp3) is 0.273. The van der Waals surface area contributed by atoms with Gasteiger partial charge in [-0.05, 0) is 18.2 Å². The third kappa shape index (κ3) is 2.79. The zero-order chi connectivity index (χ0) is 13.9. The summed E-state index contributed by atoms with van der Waals surface area (Å²) in [4.78, 5) is 21.5. The summed E-state index contributed by atoms with van der Waals surface area (Å²) in [6.45, 7) is 0. The maximum atomic E-state index is 12.5. The van der Waals surface area contributed by atoms with Crippen LogP contribution in [0, 0.1) is 0 Å². The van der Waals surface area contributed by atoms with E-state index in [0.29, 0.717) is 6.07 Å². The van der Waals surface area contributed by atoms with Crippen molar-refractivity contribution in [1.29, 1.82) is 0 Å². The Kier molecular flexibility index (Phi) is 3.95. The van der Waals surface area contributed by atoms with Crippen molar-refractivity contribution in [1.82, 2.24) is 0 Å². The number of carboxylic acid groups (broad SMARTS) is 1. The van der Waals surface area contributed by atoms with Crippen molar-refractivity contribution in [3.8, 4) is 5.75 Å². The van der Waals surface area contributed by atoms with E-state index in [-0.39, 0.29) is 17.6 Å². The molecule has 0 spiro atoms. The number of hydrogen-bond donors (Lipinski definition) is 1. The molecule has 4 nitrogen and oxygen atoms in total. The molecular weight excluding hydrogens is 253 g/mol. The molecule has 0 bridgehead atoms. The fourth-order valence-corrected chi connectivity index (χ4v) is 1.42. The van der Waals surface area contributed by atoms with Crippen molar-refractivity contribution in [3.63, 3.8) is 0 Å². The standard InChI is InChI=1S/C11H9F3O4/c1-18-9-3-2-6(11(12,13)14)4-7(9)8(5-15)10(16)17/h2-5,8H,1H3,(H,16,17). The molecule has 0 aromatic heterocycles. The summed E-state index contributed by atoms with van der Waals surface area (Å²) in [5.74, 6) is -3.31. The highest BCUT2D eigenvalue weighted by Gasteiger charge is 2.33. The average Bonchev–Trinajstić information content (AvgIpc) is 2.28. The molecule has 0 amide bonds. The first-order chi connectivity index (χ1) is 8.31. The summed E-state index contributed by atoms with van der Waals surface area (Å²) in [6, 6.07) is 2.34. The van der Waals surface area contributed by atoms with E-state index in [1.165, 1.54) is 7.11 Å². The summed E-state index contributed by atoms with van der Waals surface area (Å²) < 4.78 is 42.2. The molecule has 1 N–H and O–H groups in total. The number of ether oxygens (including phenoxy) is 1. The molecule has 0 aliphatic heterocycles. The first-order valence-electron chi connectivity index (χ1n) is 4.74. The molecule has 0 fully saturated rings. The molecule has 0 saturated carbocycles. The second-order valence-corrected chi connectivity index (χ2v) is 3.41. The predicted octanol–water partition coefficient (Wildman–Crippen LogP) is 2.08. The number of rotatable bonds is 4. The van der Waals surface area contributed by atoms with Gasteiger partial charge in [0.1, 0.15) is 18.0 Å². The van der Waals surface area contributed by atoms with E-state index in [9.17, 15) is 22.8 Å². The Bertz CT molecular complexity index is 468. The molecule has 1 aromatic rings. The van der Waals surface area contributed by atoms with Crippen LogP contribution in [-0.4, -0.2) is 24.5 Å². The topological polar surface area (TPSA) is 63.6 Å². The lowest BCUT2D eigenvalue weighted by Gasteiger charge is -2.14. The van der Waals surface area contributed by atoms with Crippen molar-refractivity contribution >= 4 is 12.3 Å². The number of carboxylic acids is 1. The number of carbonyl (C=O) groups excluding carboxylic acids is 1. The first kappa shape index (κ1) is 14.0. The van der Waals surface area contributed by atoms with Crippen molar-refractivity contribution in [2.45, 2.75) is 12.1 Å². The summed E-state index contributed by atoms with van der Waals surface area (Å²) in [5.41, 5.74) is -1.36. The van der Waals surface area contributed by atoms with Crippen molar-refractivity contribution in [3.05, 3.63) is 29.3 Å². The van der Waals surface area contributed by atoms with Gasteiger partial charge in [-0.3, -0.25) is 4.79 Å². The second kappa shape index (κ2) is 5.07. The van der Waals surface area contributed by atoms with Crippen LogP contribution in [-0.2, 0) is 15.8 Å². The Morgan fingerprint density at radius 1 is 1.44 bits per heavy atom. The minimum atomic E-state index is -4.62. The number of benzene rings is 1. The summed E-state index contributed by atoms with van der Waals surface area (Å²) in [7, 11) is 1.18. The second-order valence-electron chi connectivity index (χ2n) is 3.41. The number of methoxy groups -OCH3 is 1. The van der Waals surface area contributed by atoms with Crippen LogP contribution >= 0.6 is 0 Å². The van der Waals surface area contributed by atoms with Gasteiger partial charge >= 0.3 is 12.1 Å². The largest absolute Gasteiger partial charge is 0.496 e. The molecule has 7 heteroatoms. The minimum absolute atomic E-state index is 0.0559. The summed E-state index contributed by atoms with van der Waals surface area (Å²) >= 11 is 0. The predicted molar refractivity (Wildman–Crippen MR) is 54.4 cm³/mol. The van der Waals surface area contributed by atoms with Gasteiger partial charge in [-0.25, -0.2) is 0 Å². The van der Waals surface area contributed by atoms with Crippen LogP contribution < -0.4 is 4.74 Å². The lowest BCUT2D eigenvalue weighted by atomic mass is 9.97. The number of aldehydes is 1. The van der Waals surface area contributed by atoms with E-state index >= 15 is 0 Å². The zero-order valence-corrected chi connectivity index (χ0v) is 9.19. The van der Waals surface area contributed by atoms with Gasteiger partial charge in [-0.2, -0.15) is 13.2 Å². The van der Waals surface area contributed by atoms with E-state index < -0.39 is 23.6 Å². The number of aliphatic carboxylic acids is 1. The quantitative estimate of drug-likeness (QED) is 0.666. The van der Waals surface area contributed by atoms with Gasteiger partial charge in [-0.1, -0.05) is 0 Å². The van der Waals surface area contributed by atoms with Gasteiger partial charge < -0.3 is 14.6 Å². The monoisotopic (exact) mass is 262 g/mol. The highest BCUT2D eigenvalue weighted by atomic mass is 19.4. The average molecular weight is 262 g/mol. The Balaban J connectivity index is 3.38. The molecule has 18 heavy (non-hydrogen) atoms. The van der Waals surface area contributed by atoms with Crippen LogP contribution in [0.5, 0.6) is 5.75 Å². The molecule has 0 aliphatic rings. The van der Waals surface area contributed by atoms with Gasteiger partial charge in [0.25, 0.3) is 0 Å². The number of carbonyl (C=O) groups is 2. The smallest absolute Gasteiger partial charge is 0.416 e. The van der Waals surface area contributed by atoms with Gasteiger partial charge in [-0.15, -0.1) is 0 Å². The van der Waals surface area contributed by atoms with E-state index in [2.05, 4.69) is 0 Å². The third-order valence-corrected chi connectivity index (χ3v) is 2.29. The van der Waals surface area contributed by atoms with Crippen LogP contribution in [0.2, 0.25) is 0 Å². The Hall–Kier alpha value is -2.05. The van der Waals surface area contributed by atoms with Crippen LogP contribution in [0.4, 0.5) is 13.2 Å². The minimum Gasteiger partial charge on any atom is -0.496 e. The maximum Gasteiger partial charge on any atom is 0.416 e. The molecule has 1 rings (SSSR count). The third-order valence-electron chi connectivity index (χ3n) is 2.29. The van der Waals surface area contributed by atoms with Crippen molar-refractivity contribution in [2.75, 3.05) is 7.11 Å². The van der Waals surface area contributed by atoms with E-state index in [1.807, 2.05) is 0 Å². The van der Waals surface area contributed by atoms with Gasteiger partial charge in [0.15, 0.2) is 0 Å². The SMILES string of the molecule is COc1ccc(C(F)(F)F)cc1C(C=O)C(=O)O. The first-order valence-corrected chi connectivity index (χ1v) is 4.74. The lowest BCUT2D eigenvalue weighted by Crippen LogP contribution is -2.15. The molecule has 1 unspecified atom stereocenters. The summed E-state index contributed by atoms with van der Waals surface area (Å²) in [6.07, 6.45) is -4.56. The highest BCUT2D eigenvalue weighted by molar-refractivity contribution is 5.93. The van der Waals surface area contributed by atoms with Crippen molar-refractivity contribution < 1.29 is 32.6 Å². The van der Waals surface area contributed by atoms with E-state index in [0.717, 1.165) is 12.1 Å². The maximum absolute atomic E-state index is 12.5. The van der Waals surface area contributed by atoms with Gasteiger partial charge in [0.2, 0.25) is 0 Å². The number of hydrogen-bond acceptors (Lipinski definition) is 3. The highest BCUT2D eigenvalue weighted by Crippen LogP contribution is 2.35. The van der Waals surface area contributed by atoms with Crippen molar-refractivity contribution in [2.24, 2.45) is 0 Å². The zero-order valence-electron chi connectivity index (χ0n) is 9.19. The molecule has 0 heterocycles. The Morgan fingerprint density at radius 3 is 2.44 bits per heavy atom. The van der Waals surface area contributed by atoms with Gasteiger partial charge in [0.05, 0.1) is 12.7 Å². The fourth-order valence-electron chi connectivity index (χ4n) is 1.42. The molecule has 0 saturated heterocycles. The molecule has 1 aromatic carbocycles. The van der Waals surface area contributed by atoms with Crippen LogP contribution in [0.15, 0.2) is 18.2 Å².